The van der Waals surface area contributed by atoms with Crippen LogP contribution in [-0.4, -0.2) is 19.6 Å². The van der Waals surface area contributed by atoms with Crippen molar-refractivity contribution >= 4 is 11.0 Å². The van der Waals surface area contributed by atoms with Crippen LogP contribution in [0, 0.1) is 0 Å². The molecular weight excluding hydrogens is 599 g/mol. The summed E-state index contributed by atoms with van der Waals surface area (Å²) in [6.45, 7) is 4.56. The number of hydrogen-bond donors (Lipinski definition) is 1. The number of aromatic nitrogens is 3. The van der Waals surface area contributed by atoms with Gasteiger partial charge >= 0.3 is 0 Å². The van der Waals surface area contributed by atoms with Crippen molar-refractivity contribution in [2.75, 3.05) is 0 Å². The highest BCUT2D eigenvalue weighted by Crippen LogP contribution is 2.38. The lowest BCUT2D eigenvalue weighted by molar-refractivity contribution is 0.477. The first-order chi connectivity index (χ1) is 24.0. The van der Waals surface area contributed by atoms with Gasteiger partial charge in [0.05, 0.1) is 22.3 Å². The fourth-order valence-electron chi connectivity index (χ4n) is 6.74. The van der Waals surface area contributed by atoms with Gasteiger partial charge in [0.1, 0.15) is 11.6 Å². The van der Waals surface area contributed by atoms with Crippen molar-refractivity contribution in [3.63, 3.8) is 0 Å². The normalized spacial score (nSPS) is 11.6. The number of aromatic hydroxyl groups is 1. The summed E-state index contributed by atoms with van der Waals surface area (Å²) < 4.78 is 2.12. The summed E-state index contributed by atoms with van der Waals surface area (Å²) >= 11 is 0. The number of benzene rings is 6. The number of phenolic OH excluding ortho intramolecular Hbond substituents is 1. The van der Waals surface area contributed by atoms with Gasteiger partial charge in [-0.05, 0) is 76.3 Å². The molecule has 2 aromatic heterocycles. The molecule has 4 heteroatoms. The molecule has 0 spiro atoms. The van der Waals surface area contributed by atoms with Crippen LogP contribution in [-0.2, 0) is 5.41 Å². The largest absolute Gasteiger partial charge is 0.507 e. The summed E-state index contributed by atoms with van der Waals surface area (Å²) in [5.41, 5.74) is 12.2. The summed E-state index contributed by atoms with van der Waals surface area (Å²) in [4.78, 5) is 10.0. The minimum absolute atomic E-state index is 0.130. The monoisotopic (exact) mass is 633 g/mol. The number of pyridine rings is 1. The zero-order valence-electron chi connectivity index (χ0n) is 27.5. The Labute approximate surface area is 286 Å². The molecule has 6 aromatic carbocycles. The van der Waals surface area contributed by atoms with Gasteiger partial charge < -0.3 is 5.11 Å². The highest BCUT2D eigenvalue weighted by atomic mass is 16.3. The van der Waals surface area contributed by atoms with Crippen LogP contribution in [0.25, 0.3) is 61.6 Å². The number of para-hydroxylation sites is 3. The minimum Gasteiger partial charge on any atom is -0.507 e. The van der Waals surface area contributed by atoms with E-state index in [1.165, 1.54) is 11.1 Å². The molecule has 0 atom stereocenters. The lowest BCUT2D eigenvalue weighted by Crippen LogP contribution is -2.18. The van der Waals surface area contributed by atoms with Crippen molar-refractivity contribution in [3.8, 4) is 56.3 Å². The van der Waals surface area contributed by atoms with Crippen molar-refractivity contribution in [1.29, 1.82) is 0 Å². The van der Waals surface area contributed by atoms with Gasteiger partial charge in [-0.2, -0.15) is 0 Å². The predicted molar refractivity (Wildman–Crippen MR) is 201 cm³/mol. The number of rotatable bonds is 7. The van der Waals surface area contributed by atoms with E-state index in [0.29, 0.717) is 11.4 Å². The first kappa shape index (κ1) is 30.1. The fourth-order valence-corrected chi connectivity index (χ4v) is 6.74. The van der Waals surface area contributed by atoms with Crippen LogP contribution in [0.4, 0.5) is 0 Å². The number of phenols is 1. The number of hydrogen-bond acceptors (Lipinski definition) is 3. The molecule has 8 rings (SSSR count). The molecule has 0 bridgehead atoms. The van der Waals surface area contributed by atoms with E-state index < -0.39 is 0 Å². The van der Waals surface area contributed by atoms with Gasteiger partial charge in [0.25, 0.3) is 0 Å². The zero-order chi connectivity index (χ0) is 33.4. The van der Waals surface area contributed by atoms with E-state index in [1.54, 1.807) is 6.07 Å². The molecule has 0 saturated carbocycles. The third kappa shape index (κ3) is 5.57. The summed E-state index contributed by atoms with van der Waals surface area (Å²) in [7, 11) is 0. The average Bonchev–Trinajstić information content (AvgIpc) is 3.55. The average molecular weight is 634 g/mol. The van der Waals surface area contributed by atoms with E-state index in [2.05, 4.69) is 140 Å². The Morgan fingerprint density at radius 2 is 1.16 bits per heavy atom. The second-order valence-corrected chi connectivity index (χ2v) is 12.9. The fraction of sp³-hybridized carbons (Fsp3) is 0.0667. The van der Waals surface area contributed by atoms with Crippen LogP contribution in [0.15, 0.2) is 170 Å². The molecule has 0 saturated heterocycles. The van der Waals surface area contributed by atoms with Gasteiger partial charge in [-0.1, -0.05) is 129 Å². The van der Waals surface area contributed by atoms with Crippen LogP contribution in [0.2, 0.25) is 0 Å². The van der Waals surface area contributed by atoms with Crippen molar-refractivity contribution in [3.05, 3.63) is 181 Å². The number of imidazole rings is 1. The standard InChI is InChI=1S/C45H35N3O/c1-45(2,35-17-5-3-6-18-35)36-19-12-14-31(29-36)32-26-27-46-40(30-32)34-16-11-15-33(28-34)38-23-13-24-41-43(38)47-44(39-22-9-10-25-42(39)49)48(41)37-20-7-4-8-21-37/h3-30,49H,1-2H3. The molecule has 0 unspecified atom stereocenters. The van der Waals surface area contributed by atoms with Crippen LogP contribution in [0.5, 0.6) is 5.75 Å². The molecule has 0 fully saturated rings. The minimum atomic E-state index is -0.130. The van der Waals surface area contributed by atoms with Crippen LogP contribution in [0.3, 0.4) is 0 Å². The lowest BCUT2D eigenvalue weighted by atomic mass is 9.77. The molecule has 0 aliphatic carbocycles. The number of nitrogens with zero attached hydrogens (tertiary/aromatic N) is 3. The van der Waals surface area contributed by atoms with Crippen LogP contribution < -0.4 is 0 Å². The predicted octanol–water partition coefficient (Wildman–Crippen LogP) is 11.1. The van der Waals surface area contributed by atoms with Crippen molar-refractivity contribution < 1.29 is 5.11 Å². The summed E-state index contributed by atoms with van der Waals surface area (Å²) in [5, 5.41) is 10.9. The first-order valence-electron chi connectivity index (χ1n) is 16.6. The van der Waals surface area contributed by atoms with E-state index >= 15 is 0 Å². The van der Waals surface area contributed by atoms with Gasteiger partial charge in [-0.15, -0.1) is 0 Å². The third-order valence-electron chi connectivity index (χ3n) is 9.49. The van der Waals surface area contributed by atoms with E-state index in [4.69, 9.17) is 9.97 Å². The van der Waals surface area contributed by atoms with Gasteiger partial charge in [-0.3, -0.25) is 9.55 Å². The van der Waals surface area contributed by atoms with Crippen molar-refractivity contribution in [2.45, 2.75) is 19.3 Å². The second-order valence-electron chi connectivity index (χ2n) is 12.9. The van der Waals surface area contributed by atoms with E-state index in [1.807, 2.05) is 42.6 Å². The Bertz CT molecular complexity index is 2430. The summed E-state index contributed by atoms with van der Waals surface area (Å²) in [5.74, 6) is 0.883. The highest BCUT2D eigenvalue weighted by molar-refractivity contribution is 5.96. The smallest absolute Gasteiger partial charge is 0.149 e. The SMILES string of the molecule is CC(C)(c1ccccc1)c1cccc(-c2ccnc(-c3cccc(-c4cccc5c4nc(-c4ccccc4O)n5-c4ccccc4)c3)c2)c1. The molecule has 236 valence electrons. The van der Waals surface area contributed by atoms with E-state index in [9.17, 15) is 5.11 Å². The lowest BCUT2D eigenvalue weighted by Gasteiger charge is -2.26. The molecule has 0 amide bonds. The maximum absolute atomic E-state index is 10.9. The molecule has 8 aromatic rings. The van der Waals surface area contributed by atoms with Gasteiger partial charge in [0.15, 0.2) is 0 Å². The van der Waals surface area contributed by atoms with Crippen molar-refractivity contribution in [1.82, 2.24) is 14.5 Å². The first-order valence-corrected chi connectivity index (χ1v) is 16.6. The molecule has 1 N–H and O–H groups in total. The molecule has 4 nitrogen and oxygen atoms in total. The Kier molecular flexibility index (Phi) is 7.62. The topological polar surface area (TPSA) is 50.9 Å². The maximum Gasteiger partial charge on any atom is 0.149 e. The Morgan fingerprint density at radius 3 is 1.98 bits per heavy atom. The molecule has 0 aliphatic rings. The Morgan fingerprint density at radius 1 is 0.531 bits per heavy atom. The Balaban J connectivity index is 1.20. The maximum atomic E-state index is 10.9. The molecule has 49 heavy (non-hydrogen) atoms. The molecule has 2 heterocycles. The molecule has 0 radical (unpaired) electrons. The van der Waals surface area contributed by atoms with Gasteiger partial charge in [0.2, 0.25) is 0 Å². The van der Waals surface area contributed by atoms with Crippen molar-refractivity contribution in [2.24, 2.45) is 0 Å². The molecular formula is C45H35N3O. The van der Waals surface area contributed by atoms with E-state index in [-0.39, 0.29) is 11.2 Å². The quantitative estimate of drug-likeness (QED) is 0.190. The highest BCUT2D eigenvalue weighted by Gasteiger charge is 2.23. The summed E-state index contributed by atoms with van der Waals surface area (Å²) in [6.07, 6.45) is 1.90. The van der Waals surface area contributed by atoms with E-state index in [0.717, 1.165) is 50.2 Å². The number of fused-ring (bicyclic) bond motifs is 1. The molecule has 0 aliphatic heterocycles. The van der Waals surface area contributed by atoms with Crippen LogP contribution >= 0.6 is 0 Å². The van der Waals surface area contributed by atoms with Crippen LogP contribution in [0.1, 0.15) is 25.0 Å². The Hall–Kier alpha value is -6.26. The third-order valence-corrected chi connectivity index (χ3v) is 9.49. The van der Waals surface area contributed by atoms with Gasteiger partial charge in [-0.25, -0.2) is 4.98 Å². The summed E-state index contributed by atoms with van der Waals surface area (Å²) in [6, 6.07) is 56.1. The zero-order valence-corrected chi connectivity index (χ0v) is 27.5. The van der Waals surface area contributed by atoms with Gasteiger partial charge in [0, 0.05) is 28.4 Å². The second kappa shape index (κ2) is 12.4.